The predicted octanol–water partition coefficient (Wildman–Crippen LogP) is 9.57. The molecule has 5 rings (SSSR count). The summed E-state index contributed by atoms with van der Waals surface area (Å²) in [5.74, 6) is 0.571. The van der Waals surface area contributed by atoms with Crippen LogP contribution in [0.1, 0.15) is 61.6 Å². The van der Waals surface area contributed by atoms with Crippen LogP contribution in [0.25, 0.3) is 21.6 Å². The minimum Gasteiger partial charge on any atom is -0.338 e. The Labute approximate surface area is 245 Å². The molecule has 0 bridgehead atoms. The van der Waals surface area contributed by atoms with Crippen LogP contribution < -0.4 is 0 Å². The molecular formula is C33H34Cl2N2OS. The van der Waals surface area contributed by atoms with Gasteiger partial charge in [0.1, 0.15) is 0 Å². The Hall–Kier alpha value is -2.66. The van der Waals surface area contributed by atoms with Gasteiger partial charge in [0.15, 0.2) is 0 Å². The van der Waals surface area contributed by atoms with Gasteiger partial charge in [-0.25, -0.2) is 0 Å². The quantitative estimate of drug-likeness (QED) is 0.229. The smallest absolute Gasteiger partial charge is 0.253 e. The van der Waals surface area contributed by atoms with Crippen molar-refractivity contribution in [1.29, 1.82) is 0 Å². The second-order valence-electron chi connectivity index (χ2n) is 11.5. The summed E-state index contributed by atoms with van der Waals surface area (Å²) in [4.78, 5) is 21.1. The molecule has 3 heterocycles. The van der Waals surface area contributed by atoms with Crippen molar-refractivity contribution < 1.29 is 4.79 Å². The number of piperidine rings is 1. The molecule has 1 aliphatic heterocycles. The summed E-state index contributed by atoms with van der Waals surface area (Å²) in [5.41, 5.74) is 6.17. The van der Waals surface area contributed by atoms with Gasteiger partial charge in [0.05, 0.1) is 0 Å². The van der Waals surface area contributed by atoms with Gasteiger partial charge in [-0.05, 0) is 96.1 Å². The number of rotatable bonds is 6. The third-order valence-electron chi connectivity index (χ3n) is 7.50. The molecule has 6 heteroatoms. The molecule has 1 saturated heterocycles. The van der Waals surface area contributed by atoms with Crippen LogP contribution in [0.2, 0.25) is 10.0 Å². The molecule has 2 aromatic carbocycles. The van der Waals surface area contributed by atoms with Crippen molar-refractivity contribution in [3.63, 3.8) is 0 Å². The Bertz CT molecular complexity index is 1460. The number of hydrogen-bond acceptors (Lipinski definition) is 3. The zero-order valence-corrected chi connectivity index (χ0v) is 25.0. The SMILES string of the molecule is CC(C)(C)c1cc(-c2cc(-c3ccc(C(=O)N4CCCC(CCc5ccc(Cl)cc5)C4)cc3Cl)cs2)ccn1. The van der Waals surface area contributed by atoms with Crippen molar-refractivity contribution in [3.05, 3.63) is 99.1 Å². The van der Waals surface area contributed by atoms with E-state index in [1.54, 1.807) is 11.3 Å². The van der Waals surface area contributed by atoms with Crippen molar-refractivity contribution in [1.82, 2.24) is 9.88 Å². The van der Waals surface area contributed by atoms with E-state index in [2.05, 4.69) is 61.5 Å². The van der Waals surface area contributed by atoms with Gasteiger partial charge < -0.3 is 4.90 Å². The van der Waals surface area contributed by atoms with Gasteiger partial charge >= 0.3 is 0 Å². The average Bonchev–Trinajstić information content (AvgIpc) is 3.42. The van der Waals surface area contributed by atoms with E-state index in [0.29, 0.717) is 16.5 Å². The molecule has 2 aromatic heterocycles. The lowest BCUT2D eigenvalue weighted by Crippen LogP contribution is -2.40. The van der Waals surface area contributed by atoms with E-state index in [-0.39, 0.29) is 11.3 Å². The minimum atomic E-state index is -0.00710. The van der Waals surface area contributed by atoms with E-state index in [1.807, 2.05) is 41.4 Å². The van der Waals surface area contributed by atoms with Crippen LogP contribution in [0, 0.1) is 5.92 Å². The first-order chi connectivity index (χ1) is 18.7. The van der Waals surface area contributed by atoms with Crippen molar-refractivity contribution in [2.24, 2.45) is 5.92 Å². The second kappa shape index (κ2) is 11.8. The van der Waals surface area contributed by atoms with Crippen LogP contribution in [0.4, 0.5) is 0 Å². The summed E-state index contributed by atoms with van der Waals surface area (Å²) in [5, 5.41) is 3.50. The first-order valence-corrected chi connectivity index (χ1v) is 15.2. The molecule has 1 atom stereocenters. The van der Waals surface area contributed by atoms with Crippen molar-refractivity contribution in [2.45, 2.75) is 51.9 Å². The van der Waals surface area contributed by atoms with Crippen LogP contribution >= 0.6 is 34.5 Å². The number of amides is 1. The summed E-state index contributed by atoms with van der Waals surface area (Å²) in [6.45, 7) is 8.11. The molecule has 202 valence electrons. The Morgan fingerprint density at radius 1 is 1.03 bits per heavy atom. The number of carbonyl (C=O) groups is 1. The third-order valence-corrected chi connectivity index (χ3v) is 9.04. The highest BCUT2D eigenvalue weighted by Crippen LogP contribution is 2.37. The van der Waals surface area contributed by atoms with Crippen LogP contribution in [0.15, 0.2) is 72.2 Å². The number of pyridine rings is 1. The Balaban J connectivity index is 1.26. The summed E-state index contributed by atoms with van der Waals surface area (Å²) in [7, 11) is 0. The van der Waals surface area contributed by atoms with E-state index in [1.165, 1.54) is 10.4 Å². The molecule has 0 N–H and O–H groups in total. The summed E-state index contributed by atoms with van der Waals surface area (Å²) < 4.78 is 0. The molecule has 4 aromatic rings. The molecule has 1 amide bonds. The Morgan fingerprint density at radius 2 is 1.82 bits per heavy atom. The number of nitrogens with zero attached hydrogens (tertiary/aromatic N) is 2. The summed E-state index contributed by atoms with van der Waals surface area (Å²) >= 11 is 14.5. The fourth-order valence-electron chi connectivity index (χ4n) is 5.19. The van der Waals surface area contributed by atoms with Crippen LogP contribution in [0.5, 0.6) is 0 Å². The van der Waals surface area contributed by atoms with Gasteiger partial charge in [-0.15, -0.1) is 11.3 Å². The predicted molar refractivity (Wildman–Crippen MR) is 165 cm³/mol. The topological polar surface area (TPSA) is 33.2 Å². The van der Waals surface area contributed by atoms with E-state index in [9.17, 15) is 4.79 Å². The van der Waals surface area contributed by atoms with Crippen molar-refractivity contribution >= 4 is 40.4 Å². The molecule has 1 aliphatic rings. The third kappa shape index (κ3) is 6.74. The number of benzene rings is 2. The highest BCUT2D eigenvalue weighted by molar-refractivity contribution is 7.14. The van der Waals surface area contributed by atoms with Crippen LogP contribution in [-0.2, 0) is 11.8 Å². The van der Waals surface area contributed by atoms with Gasteiger partial charge in [0, 0.05) is 56.4 Å². The molecule has 1 fully saturated rings. The zero-order valence-electron chi connectivity index (χ0n) is 22.7. The molecule has 0 radical (unpaired) electrons. The monoisotopic (exact) mass is 576 g/mol. The second-order valence-corrected chi connectivity index (χ2v) is 13.3. The molecule has 0 spiro atoms. The van der Waals surface area contributed by atoms with Gasteiger partial charge in [-0.3, -0.25) is 9.78 Å². The van der Waals surface area contributed by atoms with Gasteiger partial charge in [-0.1, -0.05) is 62.2 Å². The first-order valence-electron chi connectivity index (χ1n) is 13.6. The van der Waals surface area contributed by atoms with Crippen molar-refractivity contribution in [3.8, 4) is 21.6 Å². The van der Waals surface area contributed by atoms with Gasteiger partial charge in [0.25, 0.3) is 5.91 Å². The first kappa shape index (κ1) is 27.9. The fraction of sp³-hybridized carbons (Fsp3) is 0.333. The highest BCUT2D eigenvalue weighted by atomic mass is 35.5. The Morgan fingerprint density at radius 3 is 2.56 bits per heavy atom. The normalized spacial score (nSPS) is 15.9. The number of hydrogen-bond donors (Lipinski definition) is 0. The highest BCUT2D eigenvalue weighted by Gasteiger charge is 2.25. The maximum absolute atomic E-state index is 13.4. The van der Waals surface area contributed by atoms with Gasteiger partial charge in [-0.2, -0.15) is 0 Å². The average molecular weight is 578 g/mol. The number of likely N-dealkylation sites (tertiary alicyclic amines) is 1. The summed E-state index contributed by atoms with van der Waals surface area (Å²) in [6, 6.07) is 20.2. The summed E-state index contributed by atoms with van der Waals surface area (Å²) in [6.07, 6.45) is 6.15. The maximum atomic E-state index is 13.4. The number of carbonyl (C=O) groups excluding carboxylic acids is 1. The van der Waals surface area contributed by atoms with E-state index < -0.39 is 0 Å². The lowest BCUT2D eigenvalue weighted by Gasteiger charge is -2.33. The van der Waals surface area contributed by atoms with Crippen molar-refractivity contribution in [2.75, 3.05) is 13.1 Å². The Kier molecular flexibility index (Phi) is 8.46. The number of aryl methyl sites for hydroxylation is 1. The zero-order chi connectivity index (χ0) is 27.6. The van der Waals surface area contributed by atoms with Crippen LogP contribution in [0.3, 0.4) is 0 Å². The number of thiophene rings is 1. The minimum absolute atomic E-state index is 0.00710. The molecular weight excluding hydrogens is 543 g/mol. The van der Waals surface area contributed by atoms with Crippen LogP contribution in [-0.4, -0.2) is 28.9 Å². The standard InChI is InChI=1S/C33H34Cl2N2OS/c1-33(2,3)31-19-24(14-15-36-31)30-18-26(21-39-30)28-13-10-25(17-29(28)35)32(38)37-16-4-5-23(20-37)7-6-22-8-11-27(34)12-9-22/h8-15,17-19,21,23H,4-7,16,20H2,1-3H3. The molecule has 0 saturated carbocycles. The fourth-order valence-corrected chi connectivity index (χ4v) is 6.52. The molecule has 1 unspecified atom stereocenters. The molecule has 0 aliphatic carbocycles. The van der Waals surface area contributed by atoms with E-state index in [0.717, 1.165) is 66.2 Å². The molecule has 39 heavy (non-hydrogen) atoms. The van der Waals surface area contributed by atoms with E-state index in [4.69, 9.17) is 23.2 Å². The van der Waals surface area contributed by atoms with E-state index >= 15 is 0 Å². The lowest BCUT2D eigenvalue weighted by atomic mass is 9.90. The maximum Gasteiger partial charge on any atom is 0.253 e. The van der Waals surface area contributed by atoms with Gasteiger partial charge in [0.2, 0.25) is 0 Å². The molecule has 3 nitrogen and oxygen atoms in total. The lowest BCUT2D eigenvalue weighted by molar-refractivity contribution is 0.0668. The largest absolute Gasteiger partial charge is 0.338 e. The number of halogens is 2. The number of aromatic nitrogens is 1.